The van der Waals surface area contributed by atoms with Crippen LogP contribution in [0.1, 0.15) is 35.8 Å². The van der Waals surface area contributed by atoms with Gasteiger partial charge < -0.3 is 14.4 Å². The number of hydrogen-bond donors (Lipinski definition) is 0. The van der Waals surface area contributed by atoms with Gasteiger partial charge in [0.05, 0.1) is 24.5 Å². The summed E-state index contributed by atoms with van der Waals surface area (Å²) in [7, 11) is 0. The van der Waals surface area contributed by atoms with E-state index in [1.165, 1.54) is 0 Å². The second-order valence-electron chi connectivity index (χ2n) is 6.50. The fraction of sp³-hybridized carbons (Fsp3) is 0.381. The normalized spacial score (nSPS) is 16.2. The van der Waals surface area contributed by atoms with Crippen LogP contribution in [0.15, 0.2) is 48.7 Å². The smallest absolute Gasteiger partial charge is 0.338 e. The Hall–Kier alpha value is -2.89. The van der Waals surface area contributed by atoms with E-state index in [4.69, 9.17) is 9.47 Å². The van der Waals surface area contributed by atoms with Crippen molar-refractivity contribution in [1.29, 1.82) is 0 Å². The average Bonchev–Trinajstić information content (AvgIpc) is 2.70. The van der Waals surface area contributed by atoms with Gasteiger partial charge in [-0.3, -0.25) is 0 Å². The number of aryl methyl sites for hydroxylation is 1. The van der Waals surface area contributed by atoms with Crippen LogP contribution in [0.2, 0.25) is 0 Å². The number of rotatable bonds is 7. The molecule has 6 heteroatoms. The number of carbonyl (C=O) groups excluding carboxylic acids is 1. The van der Waals surface area contributed by atoms with E-state index in [0.29, 0.717) is 24.7 Å². The monoisotopic (exact) mass is 367 g/mol. The van der Waals surface area contributed by atoms with Crippen molar-refractivity contribution in [2.24, 2.45) is 5.92 Å². The maximum absolute atomic E-state index is 11.6. The Morgan fingerprint density at radius 3 is 2.63 bits per heavy atom. The summed E-state index contributed by atoms with van der Waals surface area (Å²) in [6.45, 7) is 5.66. The molecule has 3 rings (SSSR count). The lowest BCUT2D eigenvalue weighted by Gasteiger charge is -2.26. The first-order valence-electron chi connectivity index (χ1n) is 9.31. The minimum absolute atomic E-state index is 0.306. The molecule has 1 aromatic carbocycles. The van der Waals surface area contributed by atoms with E-state index in [2.05, 4.69) is 27.4 Å². The fourth-order valence-electron chi connectivity index (χ4n) is 2.91. The Kier molecular flexibility index (Phi) is 6.41. The van der Waals surface area contributed by atoms with E-state index in [0.717, 1.165) is 36.6 Å². The van der Waals surface area contributed by atoms with Crippen molar-refractivity contribution in [2.45, 2.75) is 26.7 Å². The zero-order chi connectivity index (χ0) is 19.1. The molecule has 2 heterocycles. The molecule has 0 saturated carbocycles. The molecular formula is C21H25N3O3. The highest BCUT2D eigenvalue weighted by Crippen LogP contribution is 2.22. The molecule has 1 atom stereocenters. The molecule has 1 aliphatic rings. The molecule has 0 bridgehead atoms. The Labute approximate surface area is 159 Å². The Morgan fingerprint density at radius 2 is 2.00 bits per heavy atom. The van der Waals surface area contributed by atoms with Gasteiger partial charge in [0.25, 0.3) is 0 Å². The number of hydrogen-bond acceptors (Lipinski definition) is 6. The van der Waals surface area contributed by atoms with Crippen molar-refractivity contribution >= 4 is 11.8 Å². The number of esters is 1. The van der Waals surface area contributed by atoms with Gasteiger partial charge in [-0.2, -0.15) is 5.10 Å². The van der Waals surface area contributed by atoms with E-state index in [1.54, 1.807) is 31.2 Å². The van der Waals surface area contributed by atoms with E-state index < -0.39 is 0 Å². The zero-order valence-corrected chi connectivity index (χ0v) is 15.8. The highest BCUT2D eigenvalue weighted by atomic mass is 16.5. The average molecular weight is 367 g/mol. The van der Waals surface area contributed by atoms with Crippen molar-refractivity contribution in [3.63, 3.8) is 0 Å². The molecule has 2 aromatic rings. The lowest BCUT2D eigenvalue weighted by Crippen LogP contribution is -2.25. The van der Waals surface area contributed by atoms with E-state index in [1.807, 2.05) is 19.1 Å². The molecule has 142 valence electrons. The van der Waals surface area contributed by atoms with Crippen LogP contribution in [0, 0.1) is 12.8 Å². The molecule has 0 radical (unpaired) electrons. The van der Waals surface area contributed by atoms with Crippen LogP contribution < -0.4 is 9.64 Å². The van der Waals surface area contributed by atoms with Crippen molar-refractivity contribution in [1.82, 2.24) is 10.2 Å². The van der Waals surface area contributed by atoms with Crippen LogP contribution in [0.5, 0.6) is 5.75 Å². The Morgan fingerprint density at radius 1 is 1.19 bits per heavy atom. The van der Waals surface area contributed by atoms with Gasteiger partial charge in [0.1, 0.15) is 5.75 Å². The molecule has 27 heavy (non-hydrogen) atoms. The number of benzene rings is 1. The number of allylic oxidation sites excluding steroid dienone is 1. The minimum atomic E-state index is -0.306. The summed E-state index contributed by atoms with van der Waals surface area (Å²) in [4.78, 5) is 13.8. The first kappa shape index (κ1) is 18.9. The lowest BCUT2D eigenvalue weighted by molar-refractivity contribution is 0.0526. The summed E-state index contributed by atoms with van der Waals surface area (Å²) >= 11 is 0. The Bertz CT molecular complexity index is 772. The van der Waals surface area contributed by atoms with Crippen molar-refractivity contribution in [3.8, 4) is 5.75 Å². The van der Waals surface area contributed by atoms with Gasteiger partial charge in [-0.05, 0) is 69.0 Å². The molecule has 0 N–H and O–H groups in total. The third-order valence-electron chi connectivity index (χ3n) is 4.48. The SMILES string of the molecule is CCOC(=O)c1ccc(OCC[C@@H]2C=CN(c3ccc(C)nn3)CC2)cc1. The summed E-state index contributed by atoms with van der Waals surface area (Å²) in [5.41, 5.74) is 1.46. The second-order valence-corrected chi connectivity index (χ2v) is 6.50. The van der Waals surface area contributed by atoms with Crippen LogP contribution in [0.4, 0.5) is 5.82 Å². The quantitative estimate of drug-likeness (QED) is 0.694. The summed E-state index contributed by atoms with van der Waals surface area (Å²) in [6.07, 6.45) is 6.29. The van der Waals surface area contributed by atoms with Crippen molar-refractivity contribution in [3.05, 3.63) is 59.9 Å². The van der Waals surface area contributed by atoms with Crippen LogP contribution in [0.25, 0.3) is 0 Å². The number of carbonyl (C=O) groups is 1. The van der Waals surface area contributed by atoms with Crippen LogP contribution in [-0.2, 0) is 4.74 Å². The van der Waals surface area contributed by atoms with Crippen molar-refractivity contribution in [2.75, 3.05) is 24.7 Å². The number of nitrogens with zero attached hydrogens (tertiary/aromatic N) is 3. The maximum Gasteiger partial charge on any atom is 0.338 e. The third kappa shape index (κ3) is 5.29. The molecular weight excluding hydrogens is 342 g/mol. The first-order chi connectivity index (χ1) is 13.2. The standard InChI is InChI=1S/C21H25N3O3/c1-3-26-21(25)18-5-7-19(8-6-18)27-15-12-17-10-13-24(14-11-17)20-9-4-16(2)22-23-20/h4-10,13,17H,3,11-12,14-15H2,1-2H3/t17-/m1/s1. The molecule has 0 spiro atoms. The summed E-state index contributed by atoms with van der Waals surface area (Å²) in [5, 5.41) is 8.34. The second kappa shape index (κ2) is 9.16. The molecule has 1 aliphatic heterocycles. The number of anilines is 1. The van der Waals surface area contributed by atoms with Gasteiger partial charge in [-0.25, -0.2) is 4.79 Å². The van der Waals surface area contributed by atoms with Gasteiger partial charge in [-0.1, -0.05) is 6.08 Å². The van der Waals surface area contributed by atoms with Crippen molar-refractivity contribution < 1.29 is 14.3 Å². The van der Waals surface area contributed by atoms with Gasteiger partial charge in [0.2, 0.25) is 0 Å². The summed E-state index contributed by atoms with van der Waals surface area (Å²) < 4.78 is 10.8. The highest BCUT2D eigenvalue weighted by molar-refractivity contribution is 5.89. The maximum atomic E-state index is 11.6. The molecule has 1 aromatic heterocycles. The fourth-order valence-corrected chi connectivity index (χ4v) is 2.91. The zero-order valence-electron chi connectivity index (χ0n) is 15.8. The molecule has 0 amide bonds. The molecule has 0 unspecified atom stereocenters. The van der Waals surface area contributed by atoms with Gasteiger partial charge in [-0.15, -0.1) is 5.10 Å². The molecule has 0 fully saturated rings. The van der Waals surface area contributed by atoms with Gasteiger partial charge in [0.15, 0.2) is 5.82 Å². The summed E-state index contributed by atoms with van der Waals surface area (Å²) in [5.74, 6) is 1.82. The predicted octanol–water partition coefficient (Wildman–Crippen LogP) is 3.77. The van der Waals surface area contributed by atoms with Crippen LogP contribution >= 0.6 is 0 Å². The van der Waals surface area contributed by atoms with Gasteiger partial charge in [0, 0.05) is 12.7 Å². The predicted molar refractivity (Wildman–Crippen MR) is 104 cm³/mol. The number of aromatic nitrogens is 2. The Balaban J connectivity index is 1.44. The minimum Gasteiger partial charge on any atom is -0.494 e. The molecule has 0 saturated heterocycles. The van der Waals surface area contributed by atoms with E-state index >= 15 is 0 Å². The third-order valence-corrected chi connectivity index (χ3v) is 4.48. The molecule has 6 nitrogen and oxygen atoms in total. The largest absolute Gasteiger partial charge is 0.494 e. The van der Waals surface area contributed by atoms with E-state index in [9.17, 15) is 4.79 Å². The first-order valence-corrected chi connectivity index (χ1v) is 9.31. The number of ether oxygens (including phenoxy) is 2. The van der Waals surface area contributed by atoms with Crippen LogP contribution in [0.3, 0.4) is 0 Å². The summed E-state index contributed by atoms with van der Waals surface area (Å²) in [6, 6.07) is 11.0. The van der Waals surface area contributed by atoms with Crippen LogP contribution in [-0.4, -0.2) is 35.9 Å². The highest BCUT2D eigenvalue weighted by Gasteiger charge is 2.15. The molecule has 0 aliphatic carbocycles. The van der Waals surface area contributed by atoms with E-state index in [-0.39, 0.29) is 5.97 Å². The van der Waals surface area contributed by atoms with Gasteiger partial charge >= 0.3 is 5.97 Å². The topological polar surface area (TPSA) is 64.6 Å². The lowest BCUT2D eigenvalue weighted by atomic mass is 9.99.